The normalized spacial score (nSPS) is 10.5. The van der Waals surface area contributed by atoms with Crippen LogP contribution in [0.15, 0.2) is 12.1 Å². The van der Waals surface area contributed by atoms with E-state index in [1.54, 1.807) is 13.2 Å². The largest absolute Gasteiger partial charge is 0.493 e. The van der Waals surface area contributed by atoms with Gasteiger partial charge in [0.1, 0.15) is 13.3 Å². The molecule has 0 bridgehead atoms. The zero-order valence-electron chi connectivity index (χ0n) is 11.2. The lowest BCUT2D eigenvalue weighted by atomic mass is 10.2. The molecule has 19 heavy (non-hydrogen) atoms. The number of hydrogen-bond donors (Lipinski definition) is 1. The summed E-state index contributed by atoms with van der Waals surface area (Å²) in [5, 5.41) is 3.62. The Morgan fingerprint density at radius 3 is 2.68 bits per heavy atom. The quantitative estimate of drug-likeness (QED) is 0.710. The van der Waals surface area contributed by atoms with Crippen LogP contribution in [0.4, 0.5) is 4.39 Å². The molecule has 0 aliphatic rings. The van der Waals surface area contributed by atoms with Gasteiger partial charge in [0.15, 0.2) is 11.5 Å². The highest BCUT2D eigenvalue weighted by atomic mass is 35.5. The minimum Gasteiger partial charge on any atom is -0.493 e. The van der Waals surface area contributed by atoms with Gasteiger partial charge in [-0.3, -0.25) is 0 Å². The van der Waals surface area contributed by atoms with Crippen molar-refractivity contribution < 1.29 is 18.6 Å². The van der Waals surface area contributed by atoms with E-state index in [4.69, 9.17) is 25.8 Å². The zero-order valence-corrected chi connectivity index (χ0v) is 11.9. The number of hydrogen-bond acceptors (Lipinski definition) is 4. The van der Waals surface area contributed by atoms with E-state index >= 15 is 0 Å². The van der Waals surface area contributed by atoms with Crippen LogP contribution in [0.1, 0.15) is 5.56 Å². The van der Waals surface area contributed by atoms with Crippen LogP contribution in [0.5, 0.6) is 11.5 Å². The lowest BCUT2D eigenvalue weighted by Gasteiger charge is -2.13. The van der Waals surface area contributed by atoms with E-state index in [0.717, 1.165) is 12.1 Å². The first-order valence-electron chi connectivity index (χ1n) is 5.97. The highest BCUT2D eigenvalue weighted by Gasteiger charge is 2.11. The molecule has 0 fully saturated rings. The van der Waals surface area contributed by atoms with Crippen molar-refractivity contribution in [1.82, 2.24) is 5.32 Å². The summed E-state index contributed by atoms with van der Waals surface area (Å²) in [4.78, 5) is 0. The summed E-state index contributed by atoms with van der Waals surface area (Å²) in [6.45, 7) is 1.42. The summed E-state index contributed by atoms with van der Waals surface area (Å²) in [5.74, 6) is 0.881. The second kappa shape index (κ2) is 8.96. The van der Waals surface area contributed by atoms with Crippen LogP contribution in [0.2, 0.25) is 5.02 Å². The van der Waals surface area contributed by atoms with E-state index in [-0.39, 0.29) is 6.61 Å². The van der Waals surface area contributed by atoms with Crippen molar-refractivity contribution in [2.45, 2.75) is 6.54 Å². The molecule has 1 N–H and O–H groups in total. The summed E-state index contributed by atoms with van der Waals surface area (Å²) in [7, 11) is 3.18. The Morgan fingerprint density at radius 2 is 2.05 bits per heavy atom. The zero-order chi connectivity index (χ0) is 14.1. The van der Waals surface area contributed by atoms with Crippen molar-refractivity contribution in [3.05, 3.63) is 22.7 Å². The Hall–Kier alpha value is -1.04. The van der Waals surface area contributed by atoms with E-state index in [2.05, 4.69) is 5.32 Å². The van der Waals surface area contributed by atoms with Gasteiger partial charge in [0.25, 0.3) is 0 Å². The van der Waals surface area contributed by atoms with Gasteiger partial charge in [-0.25, -0.2) is 4.39 Å². The fraction of sp³-hybridized carbons (Fsp3) is 0.538. The van der Waals surface area contributed by atoms with Crippen molar-refractivity contribution in [3.63, 3.8) is 0 Å². The third-order valence-electron chi connectivity index (χ3n) is 2.42. The number of benzene rings is 1. The summed E-state index contributed by atoms with van der Waals surface area (Å²) in [6.07, 6.45) is 0. The highest BCUT2D eigenvalue weighted by molar-refractivity contribution is 6.32. The maximum Gasteiger partial charge on any atom is 0.179 e. The average Bonchev–Trinajstić information content (AvgIpc) is 2.42. The molecule has 1 rings (SSSR count). The molecule has 0 aromatic heterocycles. The van der Waals surface area contributed by atoms with Crippen LogP contribution in [-0.4, -0.2) is 40.7 Å². The molecule has 0 unspecified atom stereocenters. The number of methoxy groups -OCH3 is 2. The van der Waals surface area contributed by atoms with Crippen LogP contribution < -0.4 is 14.8 Å². The average molecular weight is 292 g/mol. The van der Waals surface area contributed by atoms with E-state index in [1.807, 2.05) is 6.07 Å². The topological polar surface area (TPSA) is 39.7 Å². The summed E-state index contributed by atoms with van der Waals surface area (Å²) in [5.41, 5.74) is 0.963. The number of alkyl halides is 1. The molecule has 0 radical (unpaired) electrons. The fourth-order valence-electron chi connectivity index (χ4n) is 1.56. The monoisotopic (exact) mass is 291 g/mol. The predicted octanol–water partition coefficient (Wildman–Crippen LogP) is 2.43. The third kappa shape index (κ3) is 5.22. The molecule has 1 aromatic carbocycles. The third-order valence-corrected chi connectivity index (χ3v) is 2.71. The molecule has 0 aliphatic heterocycles. The molecule has 0 saturated carbocycles. The number of halogens is 2. The van der Waals surface area contributed by atoms with Crippen molar-refractivity contribution in [2.24, 2.45) is 0 Å². The van der Waals surface area contributed by atoms with Gasteiger partial charge in [0, 0.05) is 20.2 Å². The van der Waals surface area contributed by atoms with Gasteiger partial charge in [0.2, 0.25) is 0 Å². The van der Waals surface area contributed by atoms with Crippen molar-refractivity contribution in [1.29, 1.82) is 0 Å². The Balaban J connectivity index is 2.71. The lowest BCUT2D eigenvalue weighted by molar-refractivity contribution is 0.199. The molecule has 0 atom stereocenters. The second-order valence-corrected chi connectivity index (χ2v) is 4.22. The number of rotatable bonds is 9. The van der Waals surface area contributed by atoms with Gasteiger partial charge >= 0.3 is 0 Å². The first-order chi connectivity index (χ1) is 9.22. The summed E-state index contributed by atoms with van der Waals surface area (Å²) >= 11 is 6.11. The summed E-state index contributed by atoms with van der Waals surface area (Å²) < 4.78 is 27.5. The minimum atomic E-state index is -0.570. The molecule has 0 amide bonds. The predicted molar refractivity (Wildman–Crippen MR) is 73.1 cm³/mol. The van der Waals surface area contributed by atoms with Gasteiger partial charge in [-0.1, -0.05) is 11.6 Å². The first kappa shape index (κ1) is 16.0. The van der Waals surface area contributed by atoms with Crippen molar-refractivity contribution >= 4 is 11.6 Å². The van der Waals surface area contributed by atoms with E-state index in [1.165, 1.54) is 7.11 Å². The Bertz CT molecular complexity index is 390. The maximum absolute atomic E-state index is 12.1. The molecule has 6 heteroatoms. The van der Waals surface area contributed by atoms with Gasteiger partial charge in [0.05, 0.1) is 18.7 Å². The molecule has 1 aromatic rings. The molecule has 0 spiro atoms. The number of ether oxygens (including phenoxy) is 3. The van der Waals surface area contributed by atoms with Crippen LogP contribution in [0.25, 0.3) is 0 Å². The highest BCUT2D eigenvalue weighted by Crippen LogP contribution is 2.36. The molecular formula is C13H19ClFNO3. The summed E-state index contributed by atoms with van der Waals surface area (Å²) in [6, 6.07) is 3.59. The molecular weight excluding hydrogens is 273 g/mol. The van der Waals surface area contributed by atoms with Gasteiger partial charge in [-0.2, -0.15) is 0 Å². The van der Waals surface area contributed by atoms with Crippen LogP contribution in [-0.2, 0) is 11.3 Å². The van der Waals surface area contributed by atoms with E-state index < -0.39 is 6.67 Å². The molecule has 0 heterocycles. The van der Waals surface area contributed by atoms with Crippen LogP contribution in [0.3, 0.4) is 0 Å². The SMILES string of the molecule is COCCNCc1cc(Cl)c(OCCF)c(OC)c1. The Kier molecular flexibility index (Phi) is 7.55. The number of nitrogens with one attached hydrogen (secondary N) is 1. The van der Waals surface area contributed by atoms with E-state index in [9.17, 15) is 4.39 Å². The fourth-order valence-corrected chi connectivity index (χ4v) is 1.85. The van der Waals surface area contributed by atoms with Crippen LogP contribution >= 0.6 is 11.6 Å². The van der Waals surface area contributed by atoms with Gasteiger partial charge in [-0.15, -0.1) is 0 Å². The first-order valence-corrected chi connectivity index (χ1v) is 6.35. The van der Waals surface area contributed by atoms with Crippen molar-refractivity contribution in [2.75, 3.05) is 40.7 Å². The Morgan fingerprint density at radius 1 is 1.26 bits per heavy atom. The minimum absolute atomic E-state index is 0.0402. The smallest absolute Gasteiger partial charge is 0.179 e. The molecule has 0 saturated heterocycles. The standard InChI is InChI=1S/C13H19ClFNO3/c1-17-6-4-16-9-10-7-11(14)13(19-5-3-15)12(8-10)18-2/h7-8,16H,3-6,9H2,1-2H3. The van der Waals surface area contributed by atoms with Crippen molar-refractivity contribution in [3.8, 4) is 11.5 Å². The lowest BCUT2D eigenvalue weighted by Crippen LogP contribution is -2.18. The maximum atomic E-state index is 12.1. The van der Waals surface area contributed by atoms with Gasteiger partial charge < -0.3 is 19.5 Å². The van der Waals surface area contributed by atoms with Crippen LogP contribution in [0, 0.1) is 0 Å². The van der Waals surface area contributed by atoms with E-state index in [0.29, 0.717) is 29.7 Å². The second-order valence-electron chi connectivity index (χ2n) is 3.82. The molecule has 0 aliphatic carbocycles. The van der Waals surface area contributed by atoms with Gasteiger partial charge in [-0.05, 0) is 17.7 Å². The Labute approximate surface area is 117 Å². The molecule has 4 nitrogen and oxygen atoms in total. The molecule has 108 valence electrons.